The molecule has 1 unspecified atom stereocenters. The van der Waals surface area contributed by atoms with Crippen LogP contribution < -0.4 is 0 Å². The first kappa shape index (κ1) is 10.3. The summed E-state index contributed by atoms with van der Waals surface area (Å²) in [5, 5.41) is 4.33. The molecule has 1 aromatic heterocycles. The Labute approximate surface area is 96.8 Å². The predicted molar refractivity (Wildman–Crippen MR) is 62.3 cm³/mol. The number of aryl methyl sites for hydroxylation is 1. The Morgan fingerprint density at radius 3 is 2.94 bits per heavy atom. The lowest BCUT2D eigenvalue weighted by atomic mass is 9.98. The lowest BCUT2D eigenvalue weighted by Gasteiger charge is -2.23. The molecule has 1 aliphatic heterocycles. The molecule has 1 spiro atoms. The molecule has 1 saturated heterocycles. The van der Waals surface area contributed by atoms with Crippen LogP contribution in [-0.2, 0) is 11.3 Å². The summed E-state index contributed by atoms with van der Waals surface area (Å²) >= 11 is 0. The van der Waals surface area contributed by atoms with E-state index in [1.54, 1.807) is 0 Å². The van der Waals surface area contributed by atoms with Crippen molar-refractivity contribution in [2.75, 3.05) is 0 Å². The van der Waals surface area contributed by atoms with Crippen molar-refractivity contribution >= 4 is 0 Å². The zero-order valence-electron chi connectivity index (χ0n) is 9.98. The fraction of sp³-hybridized carbons (Fsp3) is 0.769. The van der Waals surface area contributed by atoms with Gasteiger partial charge in [0.25, 0.3) is 0 Å². The number of hydrogen-bond acceptors (Lipinski definition) is 2. The van der Waals surface area contributed by atoms with Gasteiger partial charge in [0.1, 0.15) is 0 Å². The van der Waals surface area contributed by atoms with Crippen molar-refractivity contribution in [1.29, 1.82) is 0 Å². The van der Waals surface area contributed by atoms with Crippen molar-refractivity contribution in [1.82, 2.24) is 9.78 Å². The van der Waals surface area contributed by atoms with Crippen molar-refractivity contribution in [3.05, 3.63) is 18.0 Å². The molecule has 2 heterocycles. The van der Waals surface area contributed by atoms with Gasteiger partial charge in [0.05, 0.1) is 18.2 Å². The summed E-state index contributed by atoms with van der Waals surface area (Å²) < 4.78 is 8.35. The highest BCUT2D eigenvalue weighted by Crippen LogP contribution is 2.43. The monoisotopic (exact) mass is 220 g/mol. The second kappa shape index (κ2) is 3.88. The highest BCUT2D eigenvalue weighted by molar-refractivity contribution is 4.98. The Bertz CT molecular complexity index is 366. The third-order valence-electron chi connectivity index (χ3n) is 4.16. The van der Waals surface area contributed by atoms with Crippen molar-refractivity contribution < 1.29 is 4.74 Å². The molecule has 3 rings (SSSR count). The van der Waals surface area contributed by atoms with Crippen LogP contribution in [0.3, 0.4) is 0 Å². The van der Waals surface area contributed by atoms with Crippen LogP contribution in [0.2, 0.25) is 0 Å². The van der Waals surface area contributed by atoms with Gasteiger partial charge in [-0.25, -0.2) is 0 Å². The van der Waals surface area contributed by atoms with E-state index in [1.165, 1.54) is 44.2 Å². The molecule has 0 bridgehead atoms. The van der Waals surface area contributed by atoms with Gasteiger partial charge in [-0.2, -0.15) is 5.10 Å². The summed E-state index contributed by atoms with van der Waals surface area (Å²) in [5.74, 6) is 0. The quantitative estimate of drug-likeness (QED) is 0.766. The Morgan fingerprint density at radius 2 is 2.25 bits per heavy atom. The third-order valence-corrected chi connectivity index (χ3v) is 4.16. The van der Waals surface area contributed by atoms with E-state index in [4.69, 9.17) is 4.74 Å². The molecule has 0 N–H and O–H groups in total. The molecule has 3 nitrogen and oxygen atoms in total. The molecule has 88 valence electrons. The second-order valence-electron chi connectivity index (χ2n) is 5.32. The third kappa shape index (κ3) is 1.77. The summed E-state index contributed by atoms with van der Waals surface area (Å²) in [6, 6.07) is 2.06. The van der Waals surface area contributed by atoms with Crippen LogP contribution in [0.1, 0.15) is 44.2 Å². The van der Waals surface area contributed by atoms with Crippen LogP contribution in [0.15, 0.2) is 12.3 Å². The summed E-state index contributed by atoms with van der Waals surface area (Å²) in [4.78, 5) is 0. The van der Waals surface area contributed by atoms with E-state index < -0.39 is 0 Å². The summed E-state index contributed by atoms with van der Waals surface area (Å²) in [5.41, 5.74) is 1.49. The van der Waals surface area contributed by atoms with Gasteiger partial charge in [0, 0.05) is 11.9 Å². The van der Waals surface area contributed by atoms with Crippen LogP contribution in [0.25, 0.3) is 0 Å². The van der Waals surface area contributed by atoms with Crippen LogP contribution in [0, 0.1) is 6.92 Å². The maximum Gasteiger partial charge on any atom is 0.0779 e. The van der Waals surface area contributed by atoms with Crippen LogP contribution in [0.5, 0.6) is 0 Å². The molecule has 1 saturated carbocycles. The first-order valence-corrected chi connectivity index (χ1v) is 6.44. The topological polar surface area (TPSA) is 27.1 Å². The highest BCUT2D eigenvalue weighted by atomic mass is 16.5. The molecule has 2 aliphatic rings. The molecule has 0 aromatic carbocycles. The van der Waals surface area contributed by atoms with Crippen molar-refractivity contribution in [2.45, 2.75) is 63.7 Å². The molecule has 0 radical (unpaired) electrons. The number of hydrogen-bond donors (Lipinski definition) is 0. The van der Waals surface area contributed by atoms with E-state index >= 15 is 0 Å². The van der Waals surface area contributed by atoms with Gasteiger partial charge in [-0.15, -0.1) is 0 Å². The molecule has 1 atom stereocenters. The normalized spacial score (nSPS) is 27.9. The molecule has 1 aliphatic carbocycles. The average molecular weight is 220 g/mol. The van der Waals surface area contributed by atoms with Crippen molar-refractivity contribution in [2.24, 2.45) is 0 Å². The smallest absolute Gasteiger partial charge is 0.0779 e. The van der Waals surface area contributed by atoms with Crippen molar-refractivity contribution in [3.8, 4) is 0 Å². The fourth-order valence-corrected chi connectivity index (χ4v) is 3.19. The Morgan fingerprint density at radius 1 is 1.44 bits per heavy atom. The molecular weight excluding hydrogens is 200 g/mol. The van der Waals surface area contributed by atoms with E-state index in [0.29, 0.717) is 6.10 Å². The van der Waals surface area contributed by atoms with Gasteiger partial charge in [-0.1, -0.05) is 12.8 Å². The zero-order chi connectivity index (χ0) is 11.0. The summed E-state index contributed by atoms with van der Waals surface area (Å²) in [7, 11) is 0. The Hall–Kier alpha value is -0.830. The maximum atomic E-state index is 6.28. The Kier molecular flexibility index (Phi) is 2.51. The number of rotatable bonds is 2. The van der Waals surface area contributed by atoms with Gasteiger partial charge in [0.15, 0.2) is 0 Å². The minimum atomic E-state index is 0.256. The summed E-state index contributed by atoms with van der Waals surface area (Å²) in [6.07, 6.45) is 9.99. The van der Waals surface area contributed by atoms with Crippen LogP contribution in [0.4, 0.5) is 0 Å². The predicted octanol–water partition coefficient (Wildman–Crippen LogP) is 2.68. The van der Waals surface area contributed by atoms with E-state index in [0.717, 1.165) is 6.54 Å². The molecule has 1 aromatic rings. The molecule has 3 heteroatoms. The standard InChI is InChI=1S/C13H20N2O/c1-11-5-9-14-15(11)10-12-4-8-13(16-12)6-2-3-7-13/h5,9,12H,2-4,6-8,10H2,1H3. The number of aromatic nitrogens is 2. The SMILES string of the molecule is Cc1ccnn1CC1CCC2(CCCC2)O1. The Balaban J connectivity index is 1.64. The minimum Gasteiger partial charge on any atom is -0.370 e. The second-order valence-corrected chi connectivity index (χ2v) is 5.32. The zero-order valence-corrected chi connectivity index (χ0v) is 9.98. The van der Waals surface area contributed by atoms with E-state index in [9.17, 15) is 0 Å². The summed E-state index contributed by atoms with van der Waals surface area (Å²) in [6.45, 7) is 3.04. The van der Waals surface area contributed by atoms with E-state index in [2.05, 4.69) is 22.8 Å². The van der Waals surface area contributed by atoms with Gasteiger partial charge < -0.3 is 4.74 Å². The minimum absolute atomic E-state index is 0.256. The lowest BCUT2D eigenvalue weighted by Crippen LogP contribution is -2.27. The highest BCUT2D eigenvalue weighted by Gasteiger charge is 2.42. The van der Waals surface area contributed by atoms with E-state index in [-0.39, 0.29) is 5.60 Å². The largest absolute Gasteiger partial charge is 0.370 e. The molecule has 16 heavy (non-hydrogen) atoms. The first-order chi connectivity index (χ1) is 7.77. The van der Waals surface area contributed by atoms with Gasteiger partial charge >= 0.3 is 0 Å². The van der Waals surface area contributed by atoms with Crippen LogP contribution >= 0.6 is 0 Å². The molecule has 2 fully saturated rings. The van der Waals surface area contributed by atoms with Gasteiger partial charge in [0.2, 0.25) is 0 Å². The molecular formula is C13H20N2O. The maximum absolute atomic E-state index is 6.28. The molecule has 0 amide bonds. The van der Waals surface area contributed by atoms with Crippen LogP contribution in [-0.4, -0.2) is 21.5 Å². The first-order valence-electron chi connectivity index (χ1n) is 6.44. The average Bonchev–Trinajstić information content (AvgIpc) is 2.96. The van der Waals surface area contributed by atoms with E-state index in [1.807, 2.05) is 6.20 Å². The van der Waals surface area contributed by atoms with Gasteiger partial charge in [-0.3, -0.25) is 4.68 Å². The lowest BCUT2D eigenvalue weighted by molar-refractivity contribution is -0.0431. The van der Waals surface area contributed by atoms with Gasteiger partial charge in [-0.05, 0) is 38.7 Å². The number of nitrogens with zero attached hydrogens (tertiary/aromatic N) is 2. The fourth-order valence-electron chi connectivity index (χ4n) is 3.19. The van der Waals surface area contributed by atoms with Crippen molar-refractivity contribution in [3.63, 3.8) is 0 Å². The number of ether oxygens (including phenoxy) is 1.